The topological polar surface area (TPSA) is 43.8 Å². The summed E-state index contributed by atoms with van der Waals surface area (Å²) in [6, 6.07) is 9.11. The van der Waals surface area contributed by atoms with E-state index in [0.29, 0.717) is 12.6 Å². The highest BCUT2D eigenvalue weighted by Crippen LogP contribution is 2.26. The van der Waals surface area contributed by atoms with Gasteiger partial charge >= 0.3 is 5.97 Å². The minimum atomic E-state index is -0.784. The Morgan fingerprint density at radius 3 is 2.62 bits per heavy atom. The molecule has 0 aromatic heterocycles. The molecule has 0 unspecified atom stereocenters. The molecule has 0 amide bonds. The molecule has 0 radical (unpaired) electrons. The van der Waals surface area contributed by atoms with Crippen molar-refractivity contribution in [3.05, 3.63) is 29.8 Å². The van der Waals surface area contributed by atoms with Crippen LogP contribution in [0.4, 0.5) is 5.69 Å². The first-order valence-electron chi connectivity index (χ1n) is 7.78. The lowest BCUT2D eigenvalue weighted by molar-refractivity contribution is -0.138. The number of carboxylic acids is 1. The van der Waals surface area contributed by atoms with Crippen LogP contribution in [0.15, 0.2) is 24.3 Å². The SMILES string of the molecule is CN(CC(=O)O)Cc1cccc(N(C)C2CCCCC2)c1. The first-order chi connectivity index (χ1) is 10.1. The van der Waals surface area contributed by atoms with Gasteiger partial charge in [-0.25, -0.2) is 0 Å². The summed E-state index contributed by atoms with van der Waals surface area (Å²) in [6.45, 7) is 0.737. The molecule has 0 atom stereocenters. The van der Waals surface area contributed by atoms with Crippen molar-refractivity contribution in [1.82, 2.24) is 4.90 Å². The fourth-order valence-corrected chi connectivity index (χ4v) is 3.15. The van der Waals surface area contributed by atoms with Crippen LogP contribution in [-0.2, 0) is 11.3 Å². The number of benzene rings is 1. The standard InChI is InChI=1S/C17H26N2O2/c1-18(13-17(20)21)12-14-7-6-10-16(11-14)19(2)15-8-4-3-5-9-15/h6-7,10-11,15H,3-5,8-9,12-13H2,1-2H3,(H,20,21). The summed E-state index contributed by atoms with van der Waals surface area (Å²) in [6.07, 6.45) is 6.58. The zero-order chi connectivity index (χ0) is 15.2. The molecule has 4 heteroatoms. The largest absolute Gasteiger partial charge is 0.480 e. The van der Waals surface area contributed by atoms with Crippen molar-refractivity contribution in [3.8, 4) is 0 Å². The van der Waals surface area contributed by atoms with Crippen molar-refractivity contribution in [2.75, 3.05) is 25.5 Å². The Morgan fingerprint density at radius 1 is 1.24 bits per heavy atom. The van der Waals surface area contributed by atoms with Crippen LogP contribution in [0, 0.1) is 0 Å². The molecular weight excluding hydrogens is 264 g/mol. The van der Waals surface area contributed by atoms with Gasteiger partial charge < -0.3 is 10.0 Å². The summed E-state index contributed by atoms with van der Waals surface area (Å²) in [5, 5.41) is 8.83. The van der Waals surface area contributed by atoms with Crippen molar-refractivity contribution in [3.63, 3.8) is 0 Å². The molecule has 1 N–H and O–H groups in total. The molecule has 0 saturated heterocycles. The Balaban J connectivity index is 2.00. The van der Waals surface area contributed by atoms with Gasteiger partial charge in [0.2, 0.25) is 0 Å². The van der Waals surface area contributed by atoms with Crippen molar-refractivity contribution in [1.29, 1.82) is 0 Å². The summed E-state index contributed by atoms with van der Waals surface area (Å²) < 4.78 is 0. The van der Waals surface area contributed by atoms with Gasteiger partial charge in [-0.15, -0.1) is 0 Å². The third-order valence-electron chi connectivity index (χ3n) is 4.30. The molecule has 0 aliphatic heterocycles. The van der Waals surface area contributed by atoms with Crippen molar-refractivity contribution < 1.29 is 9.90 Å². The van der Waals surface area contributed by atoms with Gasteiger partial charge in [0.1, 0.15) is 0 Å². The Morgan fingerprint density at radius 2 is 1.95 bits per heavy atom. The molecular formula is C17H26N2O2. The molecule has 0 spiro atoms. The fraction of sp³-hybridized carbons (Fsp3) is 0.588. The summed E-state index contributed by atoms with van der Waals surface area (Å²) in [5.41, 5.74) is 2.40. The lowest BCUT2D eigenvalue weighted by Gasteiger charge is -2.33. The Bertz CT molecular complexity index is 470. The summed E-state index contributed by atoms with van der Waals surface area (Å²) in [5.74, 6) is -0.784. The van der Waals surface area contributed by atoms with Gasteiger partial charge in [-0.1, -0.05) is 31.4 Å². The number of anilines is 1. The minimum absolute atomic E-state index is 0.0721. The first-order valence-corrected chi connectivity index (χ1v) is 7.78. The molecule has 0 heterocycles. The average Bonchev–Trinajstić information content (AvgIpc) is 2.46. The van der Waals surface area contributed by atoms with Gasteiger partial charge in [-0.05, 0) is 37.6 Å². The van der Waals surface area contributed by atoms with Gasteiger partial charge in [0.15, 0.2) is 0 Å². The fourth-order valence-electron chi connectivity index (χ4n) is 3.15. The number of nitrogens with zero attached hydrogens (tertiary/aromatic N) is 2. The van der Waals surface area contributed by atoms with E-state index in [4.69, 9.17) is 5.11 Å². The van der Waals surface area contributed by atoms with Crippen molar-refractivity contribution in [2.24, 2.45) is 0 Å². The highest BCUT2D eigenvalue weighted by molar-refractivity contribution is 5.69. The van der Waals surface area contributed by atoms with Crippen LogP contribution >= 0.6 is 0 Å². The van der Waals surface area contributed by atoms with Gasteiger partial charge in [0.25, 0.3) is 0 Å². The third kappa shape index (κ3) is 4.74. The summed E-state index contributed by atoms with van der Waals surface area (Å²) in [4.78, 5) is 14.9. The predicted octanol–water partition coefficient (Wildman–Crippen LogP) is 2.97. The second-order valence-electron chi connectivity index (χ2n) is 6.14. The maximum atomic E-state index is 10.7. The second-order valence-corrected chi connectivity index (χ2v) is 6.14. The number of carbonyl (C=O) groups is 1. The average molecular weight is 290 g/mol. The van der Waals surface area contributed by atoms with E-state index >= 15 is 0 Å². The Hall–Kier alpha value is -1.55. The zero-order valence-electron chi connectivity index (χ0n) is 13.1. The molecule has 1 fully saturated rings. The second kappa shape index (κ2) is 7.46. The zero-order valence-corrected chi connectivity index (χ0v) is 13.1. The van der Waals surface area contributed by atoms with Crippen LogP contribution in [-0.4, -0.2) is 42.7 Å². The van der Waals surface area contributed by atoms with Crippen LogP contribution < -0.4 is 4.90 Å². The number of rotatable bonds is 6. The summed E-state index contributed by atoms with van der Waals surface area (Å²) in [7, 11) is 4.02. The normalized spacial score (nSPS) is 16.1. The van der Waals surface area contributed by atoms with Gasteiger partial charge in [-0.2, -0.15) is 0 Å². The lowest BCUT2D eigenvalue weighted by atomic mass is 9.94. The third-order valence-corrected chi connectivity index (χ3v) is 4.30. The highest BCUT2D eigenvalue weighted by Gasteiger charge is 2.18. The molecule has 1 saturated carbocycles. The van der Waals surface area contributed by atoms with E-state index in [1.807, 2.05) is 11.9 Å². The van der Waals surface area contributed by atoms with E-state index in [0.717, 1.165) is 0 Å². The predicted molar refractivity (Wildman–Crippen MR) is 85.7 cm³/mol. The van der Waals surface area contributed by atoms with Crippen LogP contribution in [0.3, 0.4) is 0 Å². The van der Waals surface area contributed by atoms with Crippen molar-refractivity contribution >= 4 is 11.7 Å². The van der Waals surface area contributed by atoms with Crippen LogP contribution in [0.2, 0.25) is 0 Å². The monoisotopic (exact) mass is 290 g/mol. The number of aliphatic carboxylic acids is 1. The number of hydrogen-bond acceptors (Lipinski definition) is 3. The Labute approximate surface area is 127 Å². The van der Waals surface area contributed by atoms with E-state index in [1.165, 1.54) is 43.4 Å². The molecule has 0 bridgehead atoms. The number of hydrogen-bond donors (Lipinski definition) is 1. The molecule has 4 nitrogen and oxygen atoms in total. The molecule has 1 aliphatic carbocycles. The summed E-state index contributed by atoms with van der Waals surface area (Å²) >= 11 is 0. The van der Waals surface area contributed by atoms with Crippen molar-refractivity contribution in [2.45, 2.75) is 44.7 Å². The minimum Gasteiger partial charge on any atom is -0.480 e. The van der Waals surface area contributed by atoms with Gasteiger partial charge in [0.05, 0.1) is 6.54 Å². The van der Waals surface area contributed by atoms with Crippen LogP contribution in [0.5, 0.6) is 0 Å². The molecule has 1 aromatic carbocycles. The van der Waals surface area contributed by atoms with Gasteiger partial charge in [-0.3, -0.25) is 9.69 Å². The van der Waals surface area contributed by atoms with E-state index in [1.54, 1.807) is 0 Å². The molecule has 2 rings (SSSR count). The van der Waals surface area contributed by atoms with Gasteiger partial charge in [0, 0.05) is 25.3 Å². The van der Waals surface area contributed by atoms with E-state index < -0.39 is 5.97 Å². The highest BCUT2D eigenvalue weighted by atomic mass is 16.4. The molecule has 21 heavy (non-hydrogen) atoms. The Kier molecular flexibility index (Phi) is 5.62. The smallest absolute Gasteiger partial charge is 0.317 e. The van der Waals surface area contributed by atoms with E-state index in [9.17, 15) is 4.79 Å². The van der Waals surface area contributed by atoms with Crippen LogP contribution in [0.25, 0.3) is 0 Å². The first kappa shape index (κ1) is 15.8. The lowest BCUT2D eigenvalue weighted by Crippen LogP contribution is -2.33. The molecule has 1 aliphatic rings. The maximum Gasteiger partial charge on any atom is 0.317 e. The maximum absolute atomic E-state index is 10.7. The van der Waals surface area contributed by atoms with Crippen LogP contribution in [0.1, 0.15) is 37.7 Å². The van der Waals surface area contributed by atoms with E-state index in [2.05, 4.69) is 36.2 Å². The number of carboxylic acid groups (broad SMARTS) is 1. The van der Waals surface area contributed by atoms with E-state index in [-0.39, 0.29) is 6.54 Å². The molecule has 116 valence electrons. The quantitative estimate of drug-likeness (QED) is 0.875. The number of likely N-dealkylation sites (N-methyl/N-ethyl adjacent to an activating group) is 1. The molecule has 1 aromatic rings.